The van der Waals surface area contributed by atoms with Crippen LogP contribution in [0.5, 0.6) is 0 Å². The Kier molecular flexibility index (Phi) is 3.04. The van der Waals surface area contributed by atoms with Crippen molar-refractivity contribution in [1.82, 2.24) is 4.90 Å². The maximum Gasteiger partial charge on any atom is 0.0971 e. The lowest BCUT2D eigenvalue weighted by molar-refractivity contribution is -0.108. The van der Waals surface area contributed by atoms with Crippen LogP contribution in [0.2, 0.25) is 0 Å². The summed E-state index contributed by atoms with van der Waals surface area (Å²) in [7, 11) is 2.12. The normalized spacial score (nSPS) is 36.2. The zero-order valence-corrected chi connectivity index (χ0v) is 10.4. The van der Waals surface area contributed by atoms with Crippen LogP contribution >= 0.6 is 0 Å². The minimum absolute atomic E-state index is 0.267. The van der Waals surface area contributed by atoms with Crippen molar-refractivity contribution < 1.29 is 5.11 Å². The molecular weight excluding hydrogens is 198 g/mol. The molecule has 2 nitrogen and oxygen atoms in total. The number of rotatable bonds is 1. The van der Waals surface area contributed by atoms with Gasteiger partial charge in [-0.05, 0) is 12.6 Å². The molecule has 2 atom stereocenters. The highest BCUT2D eigenvalue weighted by Crippen LogP contribution is 2.40. The van der Waals surface area contributed by atoms with Crippen LogP contribution in [0.4, 0.5) is 0 Å². The summed E-state index contributed by atoms with van der Waals surface area (Å²) in [6.07, 6.45) is 0. The second kappa shape index (κ2) is 4.19. The van der Waals surface area contributed by atoms with E-state index in [4.69, 9.17) is 0 Å². The quantitative estimate of drug-likeness (QED) is 0.782. The predicted molar refractivity (Wildman–Crippen MR) is 66.2 cm³/mol. The molecule has 16 heavy (non-hydrogen) atoms. The lowest BCUT2D eigenvalue weighted by Gasteiger charge is -2.47. The van der Waals surface area contributed by atoms with Crippen LogP contribution in [-0.4, -0.2) is 30.1 Å². The van der Waals surface area contributed by atoms with Crippen molar-refractivity contribution in [2.24, 2.45) is 11.8 Å². The Morgan fingerprint density at radius 2 is 1.62 bits per heavy atom. The molecule has 1 fully saturated rings. The zero-order chi connectivity index (χ0) is 11.8. The summed E-state index contributed by atoms with van der Waals surface area (Å²) in [4.78, 5) is 2.30. The second-order valence-electron chi connectivity index (χ2n) is 5.21. The Morgan fingerprint density at radius 1 is 1.12 bits per heavy atom. The van der Waals surface area contributed by atoms with Crippen LogP contribution < -0.4 is 0 Å². The van der Waals surface area contributed by atoms with E-state index in [0.717, 1.165) is 18.7 Å². The van der Waals surface area contributed by atoms with Gasteiger partial charge in [0, 0.05) is 24.9 Å². The Balaban J connectivity index is 2.36. The van der Waals surface area contributed by atoms with Crippen LogP contribution in [0.15, 0.2) is 30.3 Å². The Labute approximate surface area is 97.9 Å². The van der Waals surface area contributed by atoms with Gasteiger partial charge in [-0.1, -0.05) is 44.2 Å². The average Bonchev–Trinajstić information content (AvgIpc) is 2.27. The maximum atomic E-state index is 11.0. The van der Waals surface area contributed by atoms with Gasteiger partial charge in [0.2, 0.25) is 0 Å². The summed E-state index contributed by atoms with van der Waals surface area (Å²) in [5, 5.41) is 11.0. The van der Waals surface area contributed by atoms with Gasteiger partial charge in [-0.15, -0.1) is 0 Å². The molecule has 1 saturated heterocycles. The number of nitrogens with zero attached hydrogens (tertiary/aromatic N) is 1. The number of piperidine rings is 1. The Hall–Kier alpha value is -0.860. The molecule has 1 aromatic rings. The first-order valence-corrected chi connectivity index (χ1v) is 6.01. The Morgan fingerprint density at radius 3 is 2.12 bits per heavy atom. The second-order valence-corrected chi connectivity index (χ2v) is 5.21. The topological polar surface area (TPSA) is 23.5 Å². The summed E-state index contributed by atoms with van der Waals surface area (Å²) in [6, 6.07) is 10.1. The molecule has 1 aliphatic heterocycles. The van der Waals surface area contributed by atoms with E-state index in [9.17, 15) is 5.11 Å². The molecule has 0 saturated carbocycles. The van der Waals surface area contributed by atoms with Gasteiger partial charge in [0.25, 0.3) is 0 Å². The number of benzene rings is 1. The lowest BCUT2D eigenvalue weighted by Crippen LogP contribution is -2.53. The molecule has 0 aromatic heterocycles. The van der Waals surface area contributed by atoms with Gasteiger partial charge < -0.3 is 10.0 Å². The van der Waals surface area contributed by atoms with Gasteiger partial charge in [0.05, 0.1) is 5.60 Å². The molecular formula is C14H21NO. The monoisotopic (exact) mass is 219 g/mol. The fraction of sp³-hybridized carbons (Fsp3) is 0.571. The molecule has 2 unspecified atom stereocenters. The smallest absolute Gasteiger partial charge is 0.0971 e. The third-order valence-electron chi connectivity index (χ3n) is 3.91. The molecule has 0 radical (unpaired) electrons. The van der Waals surface area contributed by atoms with Crippen molar-refractivity contribution in [3.8, 4) is 0 Å². The van der Waals surface area contributed by atoms with E-state index >= 15 is 0 Å². The fourth-order valence-electron chi connectivity index (χ4n) is 3.05. The van der Waals surface area contributed by atoms with E-state index in [1.165, 1.54) is 0 Å². The van der Waals surface area contributed by atoms with Crippen LogP contribution in [0.3, 0.4) is 0 Å². The molecule has 1 aliphatic rings. The maximum absolute atomic E-state index is 11.0. The highest BCUT2D eigenvalue weighted by molar-refractivity contribution is 5.25. The average molecular weight is 219 g/mol. The van der Waals surface area contributed by atoms with E-state index in [0.29, 0.717) is 0 Å². The van der Waals surface area contributed by atoms with Crippen molar-refractivity contribution in [3.05, 3.63) is 35.9 Å². The molecule has 0 amide bonds. The molecule has 1 N–H and O–H groups in total. The lowest BCUT2D eigenvalue weighted by atomic mass is 9.71. The molecule has 0 bridgehead atoms. The molecule has 88 valence electrons. The van der Waals surface area contributed by atoms with E-state index < -0.39 is 5.60 Å². The molecule has 2 rings (SSSR count). The van der Waals surface area contributed by atoms with Gasteiger partial charge in [0.15, 0.2) is 0 Å². The highest BCUT2D eigenvalue weighted by Gasteiger charge is 2.44. The van der Waals surface area contributed by atoms with Crippen LogP contribution in [0.25, 0.3) is 0 Å². The van der Waals surface area contributed by atoms with Crippen molar-refractivity contribution in [1.29, 1.82) is 0 Å². The molecule has 0 spiro atoms. The van der Waals surface area contributed by atoms with Crippen molar-refractivity contribution in [2.75, 3.05) is 20.1 Å². The summed E-state index contributed by atoms with van der Waals surface area (Å²) in [6.45, 7) is 6.18. The van der Waals surface area contributed by atoms with Crippen LogP contribution in [0.1, 0.15) is 19.4 Å². The number of hydrogen-bond donors (Lipinski definition) is 1. The summed E-state index contributed by atoms with van der Waals surface area (Å²) in [5.41, 5.74) is 0.386. The van der Waals surface area contributed by atoms with Gasteiger partial charge in [-0.3, -0.25) is 0 Å². The molecule has 0 aliphatic carbocycles. The predicted octanol–water partition coefficient (Wildman–Crippen LogP) is 2.09. The van der Waals surface area contributed by atoms with Crippen LogP contribution in [0, 0.1) is 11.8 Å². The fourth-order valence-corrected chi connectivity index (χ4v) is 3.05. The summed E-state index contributed by atoms with van der Waals surface area (Å²) in [5.74, 6) is 0.535. The van der Waals surface area contributed by atoms with Crippen molar-refractivity contribution in [2.45, 2.75) is 19.4 Å². The number of aliphatic hydroxyl groups is 1. The third-order valence-corrected chi connectivity index (χ3v) is 3.91. The number of hydrogen-bond acceptors (Lipinski definition) is 2. The highest BCUT2D eigenvalue weighted by atomic mass is 16.3. The first-order valence-electron chi connectivity index (χ1n) is 6.01. The van der Waals surface area contributed by atoms with E-state index in [1.807, 2.05) is 30.3 Å². The summed E-state index contributed by atoms with van der Waals surface area (Å²) < 4.78 is 0. The number of likely N-dealkylation sites (tertiary alicyclic amines) is 1. The van der Waals surface area contributed by atoms with Gasteiger partial charge in [0.1, 0.15) is 0 Å². The standard InChI is InChI=1S/C14H21NO/c1-11-9-15(3)10-12(2)14(11,16)13-7-5-4-6-8-13/h4-8,11-12,16H,9-10H2,1-3H3. The minimum atomic E-state index is -0.673. The largest absolute Gasteiger partial charge is 0.385 e. The first-order chi connectivity index (χ1) is 7.55. The van der Waals surface area contributed by atoms with Gasteiger partial charge in [-0.25, -0.2) is 0 Å². The summed E-state index contributed by atoms with van der Waals surface area (Å²) >= 11 is 0. The van der Waals surface area contributed by atoms with E-state index in [1.54, 1.807) is 0 Å². The van der Waals surface area contributed by atoms with Gasteiger partial charge in [-0.2, -0.15) is 0 Å². The molecule has 2 heteroatoms. The van der Waals surface area contributed by atoms with Crippen LogP contribution in [-0.2, 0) is 5.60 Å². The first kappa shape index (κ1) is 11.6. The Bertz CT molecular complexity index is 337. The third kappa shape index (κ3) is 1.76. The van der Waals surface area contributed by atoms with Crippen molar-refractivity contribution >= 4 is 0 Å². The van der Waals surface area contributed by atoms with Crippen molar-refractivity contribution in [3.63, 3.8) is 0 Å². The van der Waals surface area contributed by atoms with E-state index in [2.05, 4.69) is 25.8 Å². The van der Waals surface area contributed by atoms with E-state index in [-0.39, 0.29) is 11.8 Å². The molecule has 1 aromatic carbocycles. The molecule has 1 heterocycles. The minimum Gasteiger partial charge on any atom is -0.385 e. The zero-order valence-electron chi connectivity index (χ0n) is 10.4. The van der Waals surface area contributed by atoms with Gasteiger partial charge >= 0.3 is 0 Å². The SMILES string of the molecule is CC1CN(C)CC(C)C1(O)c1ccccc1.